The summed E-state index contributed by atoms with van der Waals surface area (Å²) in [5.41, 5.74) is 0.526. The summed E-state index contributed by atoms with van der Waals surface area (Å²) in [7, 11) is 1.52. The van der Waals surface area contributed by atoms with E-state index in [0.29, 0.717) is 22.8 Å². The van der Waals surface area contributed by atoms with Gasteiger partial charge in [0.15, 0.2) is 5.78 Å². The number of Topliss-reactive ketones (excluding diaryl/α,β-unsaturated/α-hetero) is 1. The molecular weight excluding hydrogens is 238 g/mol. The molecule has 3 nitrogen and oxygen atoms in total. The minimum absolute atomic E-state index is 0.0430. The average molecular weight is 252 g/mol. The van der Waals surface area contributed by atoms with Crippen molar-refractivity contribution in [2.45, 2.75) is 19.8 Å². The molecule has 1 aromatic rings. The predicted octanol–water partition coefficient (Wildman–Crippen LogP) is 3.47. The maximum Gasteiger partial charge on any atom is 0.167 e. The fourth-order valence-corrected chi connectivity index (χ4v) is 1.85. The lowest BCUT2D eigenvalue weighted by Gasteiger charge is -2.11. The fraction of sp³-hybridized carbons (Fsp3) is 0.385. The molecule has 0 aliphatic rings. The van der Waals surface area contributed by atoms with Gasteiger partial charge in [-0.3, -0.25) is 4.79 Å². The molecule has 0 aliphatic carbocycles. The topological polar surface area (TPSA) is 50.1 Å². The van der Waals surface area contributed by atoms with Crippen LogP contribution in [0.2, 0.25) is 5.02 Å². The van der Waals surface area contributed by atoms with Crippen LogP contribution in [0.4, 0.5) is 0 Å². The standard InChI is InChI=1S/C13H14ClNO2/c1-3-9(6-7-15)13(16)10-4-5-12(17-2)11(14)8-10/h4-5,8-9H,3,6H2,1-2H3. The lowest BCUT2D eigenvalue weighted by atomic mass is 9.93. The smallest absolute Gasteiger partial charge is 0.167 e. The van der Waals surface area contributed by atoms with Crippen LogP contribution in [0.15, 0.2) is 18.2 Å². The molecule has 0 aliphatic heterocycles. The second kappa shape index (κ2) is 6.27. The number of hydrogen-bond donors (Lipinski definition) is 0. The number of rotatable bonds is 5. The van der Waals surface area contributed by atoms with E-state index in [2.05, 4.69) is 0 Å². The van der Waals surface area contributed by atoms with Crippen LogP contribution in [0.1, 0.15) is 30.1 Å². The number of ketones is 1. The van der Waals surface area contributed by atoms with Crippen LogP contribution >= 0.6 is 11.6 Å². The van der Waals surface area contributed by atoms with Gasteiger partial charge in [0.2, 0.25) is 0 Å². The van der Waals surface area contributed by atoms with E-state index in [4.69, 9.17) is 21.6 Å². The molecule has 0 bridgehead atoms. The number of nitriles is 1. The largest absolute Gasteiger partial charge is 0.495 e. The molecule has 0 saturated carbocycles. The van der Waals surface area contributed by atoms with Gasteiger partial charge in [0.05, 0.1) is 18.2 Å². The summed E-state index contributed by atoms with van der Waals surface area (Å²) in [5.74, 6) is 0.236. The normalized spacial score (nSPS) is 11.6. The third-order valence-corrected chi connectivity index (χ3v) is 2.93. The summed E-state index contributed by atoms with van der Waals surface area (Å²) in [6, 6.07) is 6.95. The highest BCUT2D eigenvalue weighted by atomic mass is 35.5. The van der Waals surface area contributed by atoms with E-state index in [1.165, 1.54) is 7.11 Å². The summed E-state index contributed by atoms with van der Waals surface area (Å²) in [4.78, 5) is 12.1. The zero-order valence-electron chi connectivity index (χ0n) is 9.87. The minimum Gasteiger partial charge on any atom is -0.495 e. The molecule has 0 saturated heterocycles. The van der Waals surface area contributed by atoms with E-state index in [1.807, 2.05) is 13.0 Å². The van der Waals surface area contributed by atoms with Gasteiger partial charge in [-0.15, -0.1) is 0 Å². The molecule has 0 radical (unpaired) electrons. The molecule has 0 fully saturated rings. The molecule has 1 rings (SSSR count). The molecule has 4 heteroatoms. The molecule has 90 valence electrons. The van der Waals surface area contributed by atoms with Crippen molar-refractivity contribution in [2.75, 3.05) is 7.11 Å². The van der Waals surface area contributed by atoms with E-state index in [-0.39, 0.29) is 18.1 Å². The first kappa shape index (κ1) is 13.5. The van der Waals surface area contributed by atoms with Gasteiger partial charge in [-0.1, -0.05) is 18.5 Å². The Morgan fingerprint density at radius 3 is 2.76 bits per heavy atom. The number of benzene rings is 1. The van der Waals surface area contributed by atoms with Gasteiger partial charge < -0.3 is 4.74 Å². The molecule has 0 amide bonds. The van der Waals surface area contributed by atoms with Crippen molar-refractivity contribution >= 4 is 17.4 Å². The van der Waals surface area contributed by atoms with Crippen molar-refractivity contribution in [3.05, 3.63) is 28.8 Å². The molecule has 17 heavy (non-hydrogen) atoms. The molecule has 0 heterocycles. The Labute approximate surface area is 106 Å². The fourth-order valence-electron chi connectivity index (χ4n) is 1.59. The number of carbonyl (C=O) groups excluding carboxylic acids is 1. The number of halogens is 1. The molecule has 1 atom stereocenters. The Morgan fingerprint density at radius 2 is 2.29 bits per heavy atom. The summed E-state index contributed by atoms with van der Waals surface area (Å²) >= 11 is 5.96. The van der Waals surface area contributed by atoms with Crippen molar-refractivity contribution in [1.29, 1.82) is 5.26 Å². The maximum absolute atomic E-state index is 12.1. The Hall–Kier alpha value is -1.53. The van der Waals surface area contributed by atoms with E-state index in [9.17, 15) is 4.79 Å². The predicted molar refractivity (Wildman–Crippen MR) is 66.3 cm³/mol. The minimum atomic E-state index is -0.260. The lowest BCUT2D eigenvalue weighted by molar-refractivity contribution is 0.0918. The third kappa shape index (κ3) is 3.21. The first-order valence-corrected chi connectivity index (χ1v) is 5.76. The quantitative estimate of drug-likeness (QED) is 0.753. The van der Waals surface area contributed by atoms with Crippen molar-refractivity contribution in [2.24, 2.45) is 5.92 Å². The molecule has 1 aromatic carbocycles. The Bertz CT molecular complexity index is 451. The van der Waals surface area contributed by atoms with Gasteiger partial charge in [-0.2, -0.15) is 5.26 Å². The lowest BCUT2D eigenvalue weighted by Crippen LogP contribution is -2.13. The Balaban J connectivity index is 2.97. The maximum atomic E-state index is 12.1. The number of carbonyl (C=O) groups is 1. The van der Waals surface area contributed by atoms with Crippen LogP contribution in [0.3, 0.4) is 0 Å². The van der Waals surface area contributed by atoms with Crippen LogP contribution in [-0.2, 0) is 0 Å². The highest BCUT2D eigenvalue weighted by Crippen LogP contribution is 2.26. The first-order valence-electron chi connectivity index (χ1n) is 5.38. The summed E-state index contributed by atoms with van der Waals surface area (Å²) < 4.78 is 5.02. The van der Waals surface area contributed by atoms with Gasteiger partial charge >= 0.3 is 0 Å². The van der Waals surface area contributed by atoms with Crippen LogP contribution in [-0.4, -0.2) is 12.9 Å². The number of ether oxygens (including phenoxy) is 1. The number of methoxy groups -OCH3 is 1. The van der Waals surface area contributed by atoms with Crippen LogP contribution in [0.5, 0.6) is 5.75 Å². The van der Waals surface area contributed by atoms with E-state index >= 15 is 0 Å². The van der Waals surface area contributed by atoms with Crippen molar-refractivity contribution in [3.8, 4) is 11.8 Å². The van der Waals surface area contributed by atoms with Crippen LogP contribution in [0, 0.1) is 17.2 Å². The van der Waals surface area contributed by atoms with Crippen molar-refractivity contribution in [3.63, 3.8) is 0 Å². The molecular formula is C13H14ClNO2. The van der Waals surface area contributed by atoms with Crippen LogP contribution in [0.25, 0.3) is 0 Å². The van der Waals surface area contributed by atoms with E-state index in [1.54, 1.807) is 18.2 Å². The van der Waals surface area contributed by atoms with Gasteiger partial charge in [-0.05, 0) is 24.6 Å². The van der Waals surface area contributed by atoms with Gasteiger partial charge in [0, 0.05) is 17.9 Å². The molecule has 1 unspecified atom stereocenters. The number of hydrogen-bond acceptors (Lipinski definition) is 3. The first-order chi connectivity index (χ1) is 8.13. The zero-order valence-corrected chi connectivity index (χ0v) is 10.6. The van der Waals surface area contributed by atoms with Crippen molar-refractivity contribution in [1.82, 2.24) is 0 Å². The zero-order chi connectivity index (χ0) is 12.8. The van der Waals surface area contributed by atoms with E-state index < -0.39 is 0 Å². The Morgan fingerprint density at radius 1 is 1.59 bits per heavy atom. The second-order valence-corrected chi connectivity index (χ2v) is 4.09. The summed E-state index contributed by atoms with van der Waals surface area (Å²) in [6.45, 7) is 1.89. The highest BCUT2D eigenvalue weighted by Gasteiger charge is 2.18. The van der Waals surface area contributed by atoms with Crippen LogP contribution < -0.4 is 4.74 Å². The SMILES string of the molecule is CCC(CC#N)C(=O)c1ccc(OC)c(Cl)c1. The summed E-state index contributed by atoms with van der Waals surface area (Å²) in [6.07, 6.45) is 0.884. The van der Waals surface area contributed by atoms with Crippen molar-refractivity contribution < 1.29 is 9.53 Å². The molecule has 0 N–H and O–H groups in total. The van der Waals surface area contributed by atoms with Gasteiger partial charge in [0.25, 0.3) is 0 Å². The third-order valence-electron chi connectivity index (χ3n) is 2.64. The molecule has 0 aromatic heterocycles. The van der Waals surface area contributed by atoms with Gasteiger partial charge in [-0.25, -0.2) is 0 Å². The summed E-state index contributed by atoms with van der Waals surface area (Å²) in [5, 5.41) is 9.06. The average Bonchev–Trinajstić information content (AvgIpc) is 2.35. The Kier molecular flexibility index (Phi) is 4.99. The highest BCUT2D eigenvalue weighted by molar-refractivity contribution is 6.32. The second-order valence-electron chi connectivity index (χ2n) is 3.68. The monoisotopic (exact) mass is 251 g/mol. The van der Waals surface area contributed by atoms with E-state index in [0.717, 1.165) is 0 Å². The van der Waals surface area contributed by atoms with Gasteiger partial charge in [0.1, 0.15) is 5.75 Å². The molecule has 0 spiro atoms. The number of nitrogens with zero attached hydrogens (tertiary/aromatic N) is 1.